The van der Waals surface area contributed by atoms with E-state index in [0.29, 0.717) is 12.2 Å². The highest BCUT2D eigenvalue weighted by atomic mass is 16.2. The lowest BCUT2D eigenvalue weighted by Gasteiger charge is -2.24. The van der Waals surface area contributed by atoms with Gasteiger partial charge in [0, 0.05) is 30.9 Å². The number of aromatic nitrogens is 4. The molecule has 2 aromatic rings. The molecule has 3 heterocycles. The first kappa shape index (κ1) is 17.4. The average Bonchev–Trinajstić information content (AvgIpc) is 3.25. The van der Waals surface area contributed by atoms with Gasteiger partial charge in [-0.2, -0.15) is 0 Å². The number of likely N-dealkylation sites (tertiary alicyclic amines) is 1. The molecule has 0 spiro atoms. The molecule has 1 aliphatic heterocycles. The normalized spacial score (nSPS) is 17.9. The van der Waals surface area contributed by atoms with Crippen molar-refractivity contribution < 1.29 is 9.59 Å². The van der Waals surface area contributed by atoms with Gasteiger partial charge in [-0.15, -0.1) is 5.10 Å². The van der Waals surface area contributed by atoms with E-state index in [1.807, 2.05) is 45.0 Å². The van der Waals surface area contributed by atoms with E-state index < -0.39 is 5.41 Å². The summed E-state index contributed by atoms with van der Waals surface area (Å²) in [7, 11) is 1.99. The zero-order valence-electron chi connectivity index (χ0n) is 15.3. The first-order chi connectivity index (χ1) is 11.8. The van der Waals surface area contributed by atoms with Crippen molar-refractivity contribution in [3.05, 3.63) is 35.9 Å². The molecular formula is C18H25N5O2. The molecule has 1 saturated heterocycles. The molecule has 1 aliphatic rings. The minimum absolute atomic E-state index is 0.0549. The Kier molecular flexibility index (Phi) is 4.49. The van der Waals surface area contributed by atoms with Crippen molar-refractivity contribution in [3.8, 4) is 0 Å². The fourth-order valence-corrected chi connectivity index (χ4v) is 3.14. The Morgan fingerprint density at radius 3 is 2.72 bits per heavy atom. The summed E-state index contributed by atoms with van der Waals surface area (Å²) in [6.07, 6.45) is 5.48. The van der Waals surface area contributed by atoms with Gasteiger partial charge in [0.2, 0.25) is 0 Å². The Balaban J connectivity index is 1.75. The van der Waals surface area contributed by atoms with Gasteiger partial charge in [-0.3, -0.25) is 9.59 Å². The Bertz CT molecular complexity index is 783. The third-order valence-corrected chi connectivity index (χ3v) is 4.74. The SMILES string of the molecule is Cn1cccc1[C@@H]1CCCN1C(=O)c1cn(CC(=O)C(C)(C)C)nn1. The maximum Gasteiger partial charge on any atom is 0.276 e. The minimum Gasteiger partial charge on any atom is -0.353 e. The van der Waals surface area contributed by atoms with Crippen molar-refractivity contribution in [2.45, 2.75) is 46.2 Å². The lowest BCUT2D eigenvalue weighted by atomic mass is 9.91. The van der Waals surface area contributed by atoms with Crippen LogP contribution < -0.4 is 0 Å². The van der Waals surface area contributed by atoms with Crippen LogP contribution in [0.4, 0.5) is 0 Å². The molecular weight excluding hydrogens is 318 g/mol. The van der Waals surface area contributed by atoms with Gasteiger partial charge in [-0.25, -0.2) is 4.68 Å². The van der Waals surface area contributed by atoms with Crippen LogP contribution in [0.5, 0.6) is 0 Å². The predicted molar refractivity (Wildman–Crippen MR) is 92.9 cm³/mol. The Morgan fingerprint density at radius 2 is 2.08 bits per heavy atom. The highest BCUT2D eigenvalue weighted by Crippen LogP contribution is 2.32. The number of aryl methyl sites for hydroxylation is 1. The largest absolute Gasteiger partial charge is 0.353 e. The lowest BCUT2D eigenvalue weighted by molar-refractivity contribution is -0.127. The van der Waals surface area contributed by atoms with Gasteiger partial charge >= 0.3 is 0 Å². The van der Waals surface area contributed by atoms with Crippen LogP contribution in [0, 0.1) is 5.41 Å². The molecule has 134 valence electrons. The summed E-state index contributed by atoms with van der Waals surface area (Å²) in [6.45, 7) is 6.44. The second-order valence-electron chi connectivity index (χ2n) is 7.68. The number of carbonyl (C=O) groups excluding carboxylic acids is 2. The monoisotopic (exact) mass is 343 g/mol. The molecule has 0 bridgehead atoms. The predicted octanol–water partition coefficient (Wildman–Crippen LogP) is 2.21. The average molecular weight is 343 g/mol. The molecule has 2 aromatic heterocycles. The van der Waals surface area contributed by atoms with Crippen molar-refractivity contribution in [1.29, 1.82) is 0 Å². The molecule has 0 saturated carbocycles. The van der Waals surface area contributed by atoms with Crippen LogP contribution in [0.3, 0.4) is 0 Å². The highest BCUT2D eigenvalue weighted by molar-refractivity contribution is 5.92. The summed E-state index contributed by atoms with van der Waals surface area (Å²) in [4.78, 5) is 26.9. The van der Waals surface area contributed by atoms with Gasteiger partial charge in [-0.1, -0.05) is 26.0 Å². The number of amides is 1. The van der Waals surface area contributed by atoms with Crippen LogP contribution in [-0.2, 0) is 18.4 Å². The second kappa shape index (κ2) is 6.46. The number of hydrogen-bond acceptors (Lipinski definition) is 4. The van der Waals surface area contributed by atoms with Crippen molar-refractivity contribution in [1.82, 2.24) is 24.5 Å². The fraction of sp³-hybridized carbons (Fsp3) is 0.556. The van der Waals surface area contributed by atoms with Crippen LogP contribution in [0.15, 0.2) is 24.5 Å². The summed E-state index contributed by atoms with van der Waals surface area (Å²) in [5.74, 6) is -0.0718. The molecule has 3 rings (SSSR count). The minimum atomic E-state index is -0.442. The van der Waals surface area contributed by atoms with E-state index in [0.717, 1.165) is 18.5 Å². The molecule has 0 N–H and O–H groups in total. The van der Waals surface area contributed by atoms with Crippen LogP contribution in [0.25, 0.3) is 0 Å². The number of rotatable bonds is 4. The van der Waals surface area contributed by atoms with Crippen molar-refractivity contribution in [2.75, 3.05) is 6.54 Å². The molecule has 0 radical (unpaired) electrons. The van der Waals surface area contributed by atoms with Crippen molar-refractivity contribution in [3.63, 3.8) is 0 Å². The number of ketones is 1. The number of carbonyl (C=O) groups is 2. The Morgan fingerprint density at radius 1 is 1.32 bits per heavy atom. The van der Waals surface area contributed by atoms with E-state index in [9.17, 15) is 9.59 Å². The number of nitrogens with zero attached hydrogens (tertiary/aromatic N) is 5. The Labute approximate surface area is 147 Å². The van der Waals surface area contributed by atoms with Gasteiger partial charge < -0.3 is 9.47 Å². The van der Waals surface area contributed by atoms with Gasteiger partial charge in [0.05, 0.1) is 12.2 Å². The van der Waals surface area contributed by atoms with Gasteiger partial charge in [0.25, 0.3) is 5.91 Å². The number of hydrogen-bond donors (Lipinski definition) is 0. The van der Waals surface area contributed by atoms with E-state index >= 15 is 0 Å². The third-order valence-electron chi connectivity index (χ3n) is 4.74. The van der Waals surface area contributed by atoms with E-state index in [4.69, 9.17) is 0 Å². The first-order valence-corrected chi connectivity index (χ1v) is 8.63. The molecule has 0 unspecified atom stereocenters. The van der Waals surface area contributed by atoms with E-state index in [2.05, 4.69) is 20.9 Å². The summed E-state index contributed by atoms with van der Waals surface area (Å²) >= 11 is 0. The molecule has 1 atom stereocenters. The van der Waals surface area contributed by atoms with Crippen LogP contribution in [-0.4, -0.2) is 42.7 Å². The van der Waals surface area contributed by atoms with E-state index in [1.165, 1.54) is 4.68 Å². The fourth-order valence-electron chi connectivity index (χ4n) is 3.14. The molecule has 7 heteroatoms. The lowest BCUT2D eigenvalue weighted by Crippen LogP contribution is -2.31. The molecule has 7 nitrogen and oxygen atoms in total. The summed E-state index contributed by atoms with van der Waals surface area (Å²) < 4.78 is 3.50. The highest BCUT2D eigenvalue weighted by Gasteiger charge is 2.33. The van der Waals surface area contributed by atoms with Crippen molar-refractivity contribution >= 4 is 11.7 Å². The van der Waals surface area contributed by atoms with Crippen LogP contribution in [0.2, 0.25) is 0 Å². The van der Waals surface area contributed by atoms with E-state index in [1.54, 1.807) is 6.20 Å². The zero-order valence-corrected chi connectivity index (χ0v) is 15.3. The summed E-state index contributed by atoms with van der Waals surface area (Å²) in [5, 5.41) is 7.96. The number of Topliss-reactive ketones (excluding diaryl/α,β-unsaturated/α-hetero) is 1. The molecule has 25 heavy (non-hydrogen) atoms. The molecule has 0 aromatic carbocycles. The smallest absolute Gasteiger partial charge is 0.276 e. The van der Waals surface area contributed by atoms with Gasteiger partial charge in [0.1, 0.15) is 6.54 Å². The van der Waals surface area contributed by atoms with Crippen LogP contribution in [0.1, 0.15) is 55.8 Å². The standard InChI is InChI=1S/C18H25N5O2/c1-18(2,3)16(24)12-22-11-13(19-20-22)17(25)23-10-6-8-15(23)14-7-5-9-21(14)4/h5,7,9,11,15H,6,8,10,12H2,1-4H3/t15-/m0/s1. The van der Waals surface area contributed by atoms with Gasteiger partial charge in [0.15, 0.2) is 11.5 Å². The second-order valence-corrected chi connectivity index (χ2v) is 7.68. The molecule has 0 aliphatic carbocycles. The first-order valence-electron chi connectivity index (χ1n) is 8.63. The summed E-state index contributed by atoms with van der Waals surface area (Å²) in [5.41, 5.74) is 0.979. The van der Waals surface area contributed by atoms with Gasteiger partial charge in [-0.05, 0) is 25.0 Å². The Hall–Kier alpha value is -2.44. The van der Waals surface area contributed by atoms with Crippen LogP contribution >= 0.6 is 0 Å². The summed E-state index contributed by atoms with van der Waals surface area (Å²) in [6, 6.07) is 4.11. The maximum atomic E-state index is 12.9. The zero-order chi connectivity index (χ0) is 18.2. The molecule has 1 amide bonds. The van der Waals surface area contributed by atoms with E-state index in [-0.39, 0.29) is 24.3 Å². The molecule has 1 fully saturated rings. The third kappa shape index (κ3) is 3.50. The topological polar surface area (TPSA) is 73.0 Å². The maximum absolute atomic E-state index is 12.9. The quantitative estimate of drug-likeness (QED) is 0.853. The van der Waals surface area contributed by atoms with Crippen molar-refractivity contribution in [2.24, 2.45) is 12.5 Å².